The largest absolute Gasteiger partial charge is 0.426 e. The zero-order valence-electron chi connectivity index (χ0n) is 11.3. The molecule has 0 amide bonds. The number of benzene rings is 1. The fraction of sp³-hybridized carbons (Fsp3) is 0.333. The molecule has 2 unspecified atom stereocenters. The lowest BCUT2D eigenvalue weighted by atomic mass is 9.81. The highest BCUT2D eigenvalue weighted by Crippen LogP contribution is 2.62. The molecule has 2 aliphatic rings. The number of nitrogens with zero attached hydrogens (tertiary/aromatic N) is 3. The number of fused-ring (bicyclic) bond motifs is 3. The Morgan fingerprint density at radius 1 is 1.68 bits per heavy atom. The molecule has 0 saturated heterocycles. The van der Waals surface area contributed by atoms with Crippen LogP contribution in [-0.4, -0.2) is 16.2 Å². The number of hydrogen-bond donors (Lipinski definition) is 0. The van der Waals surface area contributed by atoms with Gasteiger partial charge in [-0.25, -0.2) is 6.57 Å². The van der Waals surface area contributed by atoms with Crippen molar-refractivity contribution in [3.63, 3.8) is 0 Å². The lowest BCUT2D eigenvalue weighted by Gasteiger charge is -2.23. The summed E-state index contributed by atoms with van der Waals surface area (Å²) in [6.45, 7) is 11.1. The van der Waals surface area contributed by atoms with Crippen LogP contribution in [0, 0.1) is 33.9 Å². The Hall–Kier alpha value is -2.38. The fourth-order valence-corrected chi connectivity index (χ4v) is 3.94. The predicted molar refractivity (Wildman–Crippen MR) is 80.5 cm³/mol. The van der Waals surface area contributed by atoms with Gasteiger partial charge in [-0.2, -0.15) is 5.26 Å². The SMILES string of the molecule is [C-]#[N+]C1(C#N)CC(C=C)[C@]2([N+](=O)[O-])Oc3ccc(Br)cc3[C@H]12. The summed E-state index contributed by atoms with van der Waals surface area (Å²) in [7, 11) is 0. The Bertz CT molecular complexity index is 765. The first-order valence-electron chi connectivity index (χ1n) is 6.50. The van der Waals surface area contributed by atoms with Gasteiger partial charge < -0.3 is 4.74 Å². The molecule has 1 aromatic rings. The minimum Gasteiger partial charge on any atom is -0.426 e. The van der Waals surface area contributed by atoms with Gasteiger partial charge in [0.05, 0.1) is 17.3 Å². The number of halogens is 1. The van der Waals surface area contributed by atoms with E-state index in [4.69, 9.17) is 11.3 Å². The molecular formula is C15H10BrN3O3. The highest BCUT2D eigenvalue weighted by molar-refractivity contribution is 9.10. The third-order valence-electron chi connectivity index (χ3n) is 4.47. The van der Waals surface area contributed by atoms with Crippen LogP contribution in [0.4, 0.5) is 0 Å². The predicted octanol–water partition coefficient (Wildman–Crippen LogP) is 3.29. The molecule has 22 heavy (non-hydrogen) atoms. The van der Waals surface area contributed by atoms with Crippen molar-refractivity contribution in [3.8, 4) is 11.8 Å². The highest BCUT2D eigenvalue weighted by Gasteiger charge is 2.80. The van der Waals surface area contributed by atoms with Crippen molar-refractivity contribution in [1.82, 2.24) is 0 Å². The number of rotatable bonds is 2. The van der Waals surface area contributed by atoms with E-state index in [1.807, 2.05) is 6.07 Å². The Labute approximate surface area is 135 Å². The molecule has 1 saturated carbocycles. The Morgan fingerprint density at radius 2 is 2.41 bits per heavy atom. The van der Waals surface area contributed by atoms with Gasteiger partial charge in [0, 0.05) is 10.0 Å². The quantitative estimate of drug-likeness (QED) is 0.351. The van der Waals surface area contributed by atoms with Gasteiger partial charge in [-0.3, -0.25) is 15.0 Å². The Morgan fingerprint density at radius 3 is 2.95 bits per heavy atom. The normalized spacial score (nSPS) is 34.7. The van der Waals surface area contributed by atoms with E-state index in [2.05, 4.69) is 27.4 Å². The summed E-state index contributed by atoms with van der Waals surface area (Å²) in [6.07, 6.45) is 1.45. The molecule has 4 atom stereocenters. The van der Waals surface area contributed by atoms with Crippen LogP contribution in [0.15, 0.2) is 35.3 Å². The summed E-state index contributed by atoms with van der Waals surface area (Å²) in [6, 6.07) is 7.02. The van der Waals surface area contributed by atoms with Crippen molar-refractivity contribution in [2.75, 3.05) is 0 Å². The van der Waals surface area contributed by atoms with Crippen LogP contribution in [0.2, 0.25) is 0 Å². The van der Waals surface area contributed by atoms with Crippen LogP contribution in [0.25, 0.3) is 4.85 Å². The maximum absolute atomic E-state index is 11.9. The van der Waals surface area contributed by atoms with Crippen molar-refractivity contribution in [2.45, 2.75) is 23.6 Å². The second-order valence-corrected chi connectivity index (χ2v) is 6.34. The standard InChI is InChI=1S/C15H10BrN3O3/c1-3-9-7-14(8-17,18-2)13-11-6-10(16)4-5-12(11)22-15(9,13)19(20)21/h3-6,9,13H,1,7H2/t9?,13-,14?,15+/m1/s1. The third-order valence-corrected chi connectivity index (χ3v) is 4.97. The topological polar surface area (TPSA) is 80.5 Å². The second-order valence-electron chi connectivity index (χ2n) is 5.42. The van der Waals surface area contributed by atoms with Crippen LogP contribution < -0.4 is 4.74 Å². The molecule has 0 spiro atoms. The average Bonchev–Trinajstić information content (AvgIpc) is 2.99. The lowest BCUT2D eigenvalue weighted by molar-refractivity contribution is -0.621. The number of nitriles is 1. The Kier molecular flexibility index (Phi) is 3.01. The van der Waals surface area contributed by atoms with Gasteiger partial charge in [-0.1, -0.05) is 22.0 Å². The summed E-state index contributed by atoms with van der Waals surface area (Å²) >= 11 is 3.32. The van der Waals surface area contributed by atoms with Gasteiger partial charge >= 0.3 is 11.3 Å². The van der Waals surface area contributed by atoms with Gasteiger partial charge in [0.25, 0.3) is 0 Å². The van der Waals surface area contributed by atoms with E-state index in [0.717, 1.165) is 0 Å². The number of hydrogen-bond acceptors (Lipinski definition) is 4. The van der Waals surface area contributed by atoms with Crippen molar-refractivity contribution in [2.24, 2.45) is 5.92 Å². The van der Waals surface area contributed by atoms with E-state index < -0.39 is 28.0 Å². The van der Waals surface area contributed by atoms with Crippen LogP contribution in [-0.2, 0) is 0 Å². The summed E-state index contributed by atoms with van der Waals surface area (Å²) in [4.78, 5) is 14.8. The minimum atomic E-state index is -1.84. The molecule has 0 radical (unpaired) electrons. The van der Waals surface area contributed by atoms with E-state index in [9.17, 15) is 15.4 Å². The van der Waals surface area contributed by atoms with Gasteiger partial charge in [0.1, 0.15) is 5.75 Å². The maximum Gasteiger partial charge on any atom is 0.385 e. The van der Waals surface area contributed by atoms with Crippen LogP contribution in [0.5, 0.6) is 5.75 Å². The van der Waals surface area contributed by atoms with Crippen LogP contribution in [0.3, 0.4) is 0 Å². The summed E-state index contributed by atoms with van der Waals surface area (Å²) < 4.78 is 6.43. The van der Waals surface area contributed by atoms with E-state index >= 15 is 0 Å². The maximum atomic E-state index is 11.9. The van der Waals surface area contributed by atoms with Crippen molar-refractivity contribution < 1.29 is 9.66 Å². The van der Waals surface area contributed by atoms with Crippen molar-refractivity contribution in [3.05, 3.63) is 62.4 Å². The molecule has 7 heteroatoms. The molecule has 0 aromatic heterocycles. The van der Waals surface area contributed by atoms with Gasteiger partial charge in [0.15, 0.2) is 12.0 Å². The summed E-state index contributed by atoms with van der Waals surface area (Å²) in [5.41, 5.74) is -2.85. The highest BCUT2D eigenvalue weighted by atomic mass is 79.9. The molecule has 110 valence electrons. The van der Waals surface area contributed by atoms with Gasteiger partial charge in [-0.15, -0.1) is 6.58 Å². The number of ether oxygens (including phenoxy) is 1. The molecule has 1 heterocycles. The van der Waals surface area contributed by atoms with E-state index in [1.165, 1.54) is 6.08 Å². The fourth-order valence-electron chi connectivity index (χ4n) is 3.56. The molecule has 6 nitrogen and oxygen atoms in total. The summed E-state index contributed by atoms with van der Waals surface area (Å²) in [5, 5.41) is 21.4. The molecular weight excluding hydrogens is 350 g/mol. The second kappa shape index (κ2) is 4.56. The van der Waals surface area contributed by atoms with E-state index in [-0.39, 0.29) is 6.42 Å². The average molecular weight is 360 g/mol. The first kappa shape index (κ1) is 14.6. The first-order valence-corrected chi connectivity index (χ1v) is 7.30. The molecule has 1 aromatic carbocycles. The van der Waals surface area contributed by atoms with E-state index in [1.54, 1.807) is 18.2 Å². The molecule has 0 bridgehead atoms. The first-order chi connectivity index (χ1) is 10.4. The van der Waals surface area contributed by atoms with Crippen molar-refractivity contribution in [1.29, 1.82) is 5.26 Å². The van der Waals surface area contributed by atoms with Crippen LogP contribution >= 0.6 is 15.9 Å². The third kappa shape index (κ3) is 1.52. The summed E-state index contributed by atoms with van der Waals surface area (Å²) in [5.74, 6) is -1.32. The van der Waals surface area contributed by atoms with Crippen molar-refractivity contribution >= 4 is 15.9 Å². The molecule has 0 N–H and O–H groups in total. The Balaban J connectivity index is 2.34. The monoisotopic (exact) mass is 359 g/mol. The van der Waals surface area contributed by atoms with Gasteiger partial charge in [-0.05, 0) is 18.2 Å². The molecule has 1 fully saturated rings. The zero-order valence-corrected chi connectivity index (χ0v) is 12.9. The van der Waals surface area contributed by atoms with Crippen LogP contribution in [0.1, 0.15) is 17.9 Å². The smallest absolute Gasteiger partial charge is 0.385 e. The molecule has 1 aliphatic carbocycles. The molecule has 3 rings (SSSR count). The van der Waals surface area contributed by atoms with Gasteiger partial charge in [0.2, 0.25) is 0 Å². The molecule has 1 aliphatic heterocycles. The zero-order chi connectivity index (χ0) is 16.1. The van der Waals surface area contributed by atoms with E-state index in [0.29, 0.717) is 15.8 Å². The lowest BCUT2D eigenvalue weighted by Crippen LogP contribution is -2.50. The minimum absolute atomic E-state index is 0.0358. The number of nitro groups is 1.